The second-order valence-electron chi connectivity index (χ2n) is 4.64. The van der Waals surface area contributed by atoms with Gasteiger partial charge in [0.25, 0.3) is 0 Å². The van der Waals surface area contributed by atoms with E-state index in [-0.39, 0.29) is 17.8 Å². The van der Waals surface area contributed by atoms with Crippen LogP contribution in [-0.4, -0.2) is 29.3 Å². The van der Waals surface area contributed by atoms with Gasteiger partial charge in [-0.05, 0) is 24.5 Å². The third-order valence-corrected chi connectivity index (χ3v) is 3.62. The molecule has 0 N–H and O–H groups in total. The van der Waals surface area contributed by atoms with Crippen molar-refractivity contribution in [3.8, 4) is 0 Å². The van der Waals surface area contributed by atoms with Crippen LogP contribution in [0.5, 0.6) is 0 Å². The molecule has 3 nitrogen and oxygen atoms in total. The first kappa shape index (κ1) is 11.7. The van der Waals surface area contributed by atoms with E-state index in [4.69, 9.17) is 4.74 Å². The van der Waals surface area contributed by atoms with E-state index >= 15 is 0 Å². The maximum absolute atomic E-state index is 12.7. The minimum absolute atomic E-state index is 0.00363. The van der Waals surface area contributed by atoms with Gasteiger partial charge in [-0.2, -0.15) is 5.10 Å². The van der Waals surface area contributed by atoms with Crippen LogP contribution in [0.1, 0.15) is 18.5 Å². The van der Waals surface area contributed by atoms with Gasteiger partial charge in [0, 0.05) is 12.6 Å². The summed E-state index contributed by atoms with van der Waals surface area (Å²) in [6.45, 7) is 3.79. The van der Waals surface area contributed by atoms with Crippen molar-refractivity contribution in [2.24, 2.45) is 7.05 Å². The lowest BCUT2D eigenvalue weighted by atomic mass is 9.87. The first-order valence-electron chi connectivity index (χ1n) is 5.96. The van der Waals surface area contributed by atoms with Crippen LogP contribution in [0, 0.1) is 0 Å². The molecule has 1 aromatic rings. The molecule has 2 aliphatic heterocycles. The van der Waals surface area contributed by atoms with Gasteiger partial charge in [-0.25, -0.2) is 0 Å². The number of hydrogen-bond donors (Lipinski definition) is 0. The van der Waals surface area contributed by atoms with Gasteiger partial charge in [0.05, 0.1) is 17.9 Å². The number of ether oxygens (including phenoxy) is 1. The number of hydrogen-bond acceptors (Lipinski definition) is 2. The summed E-state index contributed by atoms with van der Waals surface area (Å²) < 4.78 is 32.6. The molecule has 3 rings (SSSR count). The van der Waals surface area contributed by atoms with Crippen LogP contribution in [0.3, 0.4) is 0 Å². The first-order valence-corrected chi connectivity index (χ1v) is 5.96. The molecular formula is C12H13BF2N2O. The number of fused-ring (bicyclic) bond motifs is 2. The molecule has 6 heteroatoms. The Balaban J connectivity index is 2.09. The summed E-state index contributed by atoms with van der Waals surface area (Å²) in [5.41, 5.74) is 2.52. The SMILES string of the molecule is C=CC1=C(c2cc(B(F)F)nn2C)C2CCC1O2. The molecule has 0 amide bonds. The highest BCUT2D eigenvalue weighted by atomic mass is 19.2. The molecular weight excluding hydrogens is 237 g/mol. The zero-order valence-electron chi connectivity index (χ0n) is 10.1. The monoisotopic (exact) mass is 250 g/mol. The fourth-order valence-corrected chi connectivity index (χ4v) is 2.84. The average Bonchev–Trinajstić information content (AvgIpc) is 3.00. The molecule has 18 heavy (non-hydrogen) atoms. The third kappa shape index (κ3) is 1.55. The Morgan fingerprint density at radius 3 is 2.83 bits per heavy atom. The standard InChI is InChI=1S/C12H13BF2N2O/c1-3-7-9-4-5-10(18-9)12(7)8-6-11(13(14)15)16-17(8)2/h3,6,9-10H,1,4-5H2,2H3. The van der Waals surface area contributed by atoms with Gasteiger partial charge in [-0.1, -0.05) is 12.7 Å². The van der Waals surface area contributed by atoms with Crippen LogP contribution in [-0.2, 0) is 11.8 Å². The van der Waals surface area contributed by atoms with Crippen molar-refractivity contribution in [3.63, 3.8) is 0 Å². The van der Waals surface area contributed by atoms with Crippen molar-refractivity contribution in [3.05, 3.63) is 30.0 Å². The number of aryl methyl sites for hydroxylation is 1. The van der Waals surface area contributed by atoms with E-state index in [0.29, 0.717) is 5.69 Å². The summed E-state index contributed by atoms with van der Waals surface area (Å²) >= 11 is 0. The smallest absolute Gasteiger partial charge is 0.366 e. The minimum Gasteiger partial charge on any atom is -0.366 e. The van der Waals surface area contributed by atoms with Gasteiger partial charge in [0.1, 0.15) is 5.59 Å². The fraction of sp³-hybridized carbons (Fsp3) is 0.417. The summed E-state index contributed by atoms with van der Waals surface area (Å²) in [5, 5.41) is 3.85. The molecule has 2 aliphatic rings. The quantitative estimate of drug-likeness (QED) is 0.761. The molecule has 2 unspecified atom stereocenters. The molecule has 0 saturated carbocycles. The molecule has 1 aromatic heterocycles. The van der Waals surface area contributed by atoms with E-state index in [9.17, 15) is 8.63 Å². The van der Waals surface area contributed by atoms with Crippen molar-refractivity contribution in [2.75, 3.05) is 0 Å². The highest BCUT2D eigenvalue weighted by Crippen LogP contribution is 2.44. The molecule has 1 fully saturated rings. The summed E-state index contributed by atoms with van der Waals surface area (Å²) in [5.74, 6) is 0. The van der Waals surface area contributed by atoms with Crippen molar-refractivity contribution < 1.29 is 13.4 Å². The number of rotatable bonds is 3. The molecule has 2 bridgehead atoms. The molecule has 1 saturated heterocycles. The molecule has 0 spiro atoms. The Morgan fingerprint density at radius 1 is 1.50 bits per heavy atom. The zero-order chi connectivity index (χ0) is 12.9. The summed E-state index contributed by atoms with van der Waals surface area (Å²) in [6, 6.07) is 1.45. The van der Waals surface area contributed by atoms with Crippen LogP contribution >= 0.6 is 0 Å². The van der Waals surface area contributed by atoms with Gasteiger partial charge >= 0.3 is 7.27 Å². The van der Waals surface area contributed by atoms with Crippen molar-refractivity contribution >= 4 is 18.4 Å². The zero-order valence-corrected chi connectivity index (χ0v) is 10.1. The summed E-state index contributed by atoms with van der Waals surface area (Å²) in [6.07, 6.45) is 3.77. The van der Waals surface area contributed by atoms with E-state index in [1.165, 1.54) is 10.7 Å². The van der Waals surface area contributed by atoms with E-state index in [2.05, 4.69) is 11.7 Å². The Labute approximate surface area is 104 Å². The van der Waals surface area contributed by atoms with E-state index in [0.717, 1.165) is 24.0 Å². The topological polar surface area (TPSA) is 27.1 Å². The van der Waals surface area contributed by atoms with E-state index < -0.39 is 7.27 Å². The van der Waals surface area contributed by atoms with Crippen LogP contribution in [0.4, 0.5) is 8.63 Å². The lowest BCUT2D eigenvalue weighted by molar-refractivity contribution is 0.120. The molecule has 0 radical (unpaired) electrons. The molecule has 0 aliphatic carbocycles. The molecule has 2 atom stereocenters. The van der Waals surface area contributed by atoms with Crippen LogP contribution in [0.25, 0.3) is 5.57 Å². The van der Waals surface area contributed by atoms with E-state index in [1.807, 2.05) is 0 Å². The Morgan fingerprint density at radius 2 is 2.22 bits per heavy atom. The maximum atomic E-state index is 12.7. The van der Waals surface area contributed by atoms with Crippen molar-refractivity contribution in [1.82, 2.24) is 9.78 Å². The van der Waals surface area contributed by atoms with Gasteiger partial charge in [-0.15, -0.1) is 0 Å². The first-order chi connectivity index (χ1) is 8.61. The molecule has 94 valence electrons. The Bertz CT molecular complexity index is 538. The van der Waals surface area contributed by atoms with Crippen LogP contribution in [0.2, 0.25) is 0 Å². The van der Waals surface area contributed by atoms with Gasteiger partial charge in [-0.3, -0.25) is 13.3 Å². The second kappa shape index (κ2) is 4.05. The Hall–Kier alpha value is -1.43. The normalized spacial score (nSPS) is 25.9. The van der Waals surface area contributed by atoms with Gasteiger partial charge in [0.15, 0.2) is 0 Å². The number of halogens is 2. The predicted octanol–water partition coefficient (Wildman–Crippen LogP) is 1.56. The lowest BCUT2D eigenvalue weighted by Crippen LogP contribution is -2.22. The van der Waals surface area contributed by atoms with Gasteiger partial charge < -0.3 is 4.74 Å². The highest BCUT2D eigenvalue weighted by molar-refractivity contribution is 6.59. The fourth-order valence-electron chi connectivity index (χ4n) is 2.84. The number of nitrogens with zero attached hydrogens (tertiary/aromatic N) is 2. The van der Waals surface area contributed by atoms with Crippen LogP contribution in [0.15, 0.2) is 24.3 Å². The highest BCUT2D eigenvalue weighted by Gasteiger charge is 2.41. The second-order valence-corrected chi connectivity index (χ2v) is 4.64. The minimum atomic E-state index is -2.54. The largest absolute Gasteiger partial charge is 0.592 e. The Kier molecular flexibility index (Phi) is 2.62. The van der Waals surface area contributed by atoms with Gasteiger partial charge in [0.2, 0.25) is 0 Å². The summed E-state index contributed by atoms with van der Waals surface area (Å²) in [7, 11) is -0.863. The van der Waals surface area contributed by atoms with Crippen molar-refractivity contribution in [1.29, 1.82) is 0 Å². The average molecular weight is 250 g/mol. The van der Waals surface area contributed by atoms with Crippen LogP contribution < -0.4 is 5.59 Å². The maximum Gasteiger partial charge on any atom is 0.592 e. The third-order valence-electron chi connectivity index (χ3n) is 3.62. The van der Waals surface area contributed by atoms with E-state index in [1.54, 1.807) is 13.1 Å². The molecule has 3 heterocycles. The number of aromatic nitrogens is 2. The van der Waals surface area contributed by atoms with Crippen molar-refractivity contribution in [2.45, 2.75) is 25.0 Å². The summed E-state index contributed by atoms with van der Waals surface area (Å²) in [4.78, 5) is 0. The predicted molar refractivity (Wildman–Crippen MR) is 65.8 cm³/mol. The molecule has 0 aromatic carbocycles. The lowest BCUT2D eigenvalue weighted by Gasteiger charge is -2.14.